The molecule has 0 unspecified atom stereocenters. The van der Waals surface area contributed by atoms with Crippen molar-refractivity contribution in [3.63, 3.8) is 0 Å². The molecule has 0 fully saturated rings. The highest BCUT2D eigenvalue weighted by Crippen LogP contribution is 2.19. The summed E-state index contributed by atoms with van der Waals surface area (Å²) in [5.74, 6) is -1.00. The lowest BCUT2D eigenvalue weighted by Gasteiger charge is -2.20. The molecule has 0 aromatic rings. The van der Waals surface area contributed by atoms with Crippen molar-refractivity contribution in [3.05, 3.63) is 0 Å². The monoisotopic (exact) mass is 201 g/mol. The summed E-state index contributed by atoms with van der Waals surface area (Å²) in [6.45, 7) is 7.78. The van der Waals surface area contributed by atoms with Crippen LogP contribution < -0.4 is 0 Å². The Morgan fingerprint density at radius 2 is 2.00 bits per heavy atom. The van der Waals surface area contributed by atoms with Crippen LogP contribution in [-0.4, -0.2) is 23.4 Å². The first kappa shape index (κ1) is 12.9. The number of aliphatic carboxylic acids is 1. The first-order valence-electron chi connectivity index (χ1n) is 4.79. The highest BCUT2D eigenvalue weighted by molar-refractivity contribution is 5.88. The van der Waals surface area contributed by atoms with Gasteiger partial charge in [0.25, 0.3) is 0 Å². The SMILES string of the molecule is CCC/C(=N\OCC(=O)O)C(C)(C)C. The van der Waals surface area contributed by atoms with E-state index in [1.165, 1.54) is 0 Å². The number of hydrogen-bond acceptors (Lipinski definition) is 3. The molecule has 0 aromatic carbocycles. The second kappa shape index (κ2) is 5.62. The van der Waals surface area contributed by atoms with Crippen molar-refractivity contribution in [1.82, 2.24) is 0 Å². The molecular weight excluding hydrogens is 182 g/mol. The molecule has 0 amide bonds. The first-order chi connectivity index (χ1) is 6.38. The van der Waals surface area contributed by atoms with E-state index < -0.39 is 5.97 Å². The summed E-state index contributed by atoms with van der Waals surface area (Å²) in [5, 5.41) is 12.2. The van der Waals surface area contributed by atoms with Crippen LogP contribution in [0.4, 0.5) is 0 Å². The standard InChI is InChI=1S/C10H19NO3/c1-5-6-8(10(2,3)4)11-14-7-9(12)13/h5-7H2,1-4H3,(H,12,13)/b11-8+. The van der Waals surface area contributed by atoms with Crippen molar-refractivity contribution < 1.29 is 14.7 Å². The van der Waals surface area contributed by atoms with E-state index in [1.807, 2.05) is 20.8 Å². The topological polar surface area (TPSA) is 58.9 Å². The summed E-state index contributed by atoms with van der Waals surface area (Å²) in [5.41, 5.74) is 0.843. The van der Waals surface area contributed by atoms with Crippen LogP contribution in [0.1, 0.15) is 40.5 Å². The number of rotatable bonds is 5. The quantitative estimate of drug-likeness (QED) is 0.548. The van der Waals surface area contributed by atoms with E-state index in [-0.39, 0.29) is 12.0 Å². The molecule has 0 aromatic heterocycles. The van der Waals surface area contributed by atoms with E-state index >= 15 is 0 Å². The maximum atomic E-state index is 10.2. The minimum atomic E-state index is -1.00. The fourth-order valence-electron chi connectivity index (χ4n) is 0.960. The molecule has 4 nitrogen and oxygen atoms in total. The van der Waals surface area contributed by atoms with Crippen LogP contribution in [0.15, 0.2) is 5.16 Å². The minimum Gasteiger partial charge on any atom is -0.479 e. The highest BCUT2D eigenvalue weighted by atomic mass is 16.6. The number of carboxylic acids is 1. The van der Waals surface area contributed by atoms with Gasteiger partial charge in [0.2, 0.25) is 6.61 Å². The fourth-order valence-corrected chi connectivity index (χ4v) is 0.960. The van der Waals surface area contributed by atoms with Gasteiger partial charge in [-0.1, -0.05) is 39.3 Å². The van der Waals surface area contributed by atoms with Gasteiger partial charge in [0.15, 0.2) is 0 Å². The molecule has 4 heteroatoms. The molecule has 0 radical (unpaired) electrons. The Morgan fingerprint density at radius 3 is 2.36 bits per heavy atom. The third-order valence-corrected chi connectivity index (χ3v) is 1.72. The van der Waals surface area contributed by atoms with Gasteiger partial charge in [-0.3, -0.25) is 0 Å². The van der Waals surface area contributed by atoms with Gasteiger partial charge in [0, 0.05) is 5.41 Å². The second-order valence-electron chi connectivity index (χ2n) is 4.21. The van der Waals surface area contributed by atoms with Crippen LogP contribution in [0.25, 0.3) is 0 Å². The average molecular weight is 201 g/mol. The highest BCUT2D eigenvalue weighted by Gasteiger charge is 2.18. The summed E-state index contributed by atoms with van der Waals surface area (Å²) in [4.78, 5) is 14.9. The molecule has 0 heterocycles. The normalized spacial score (nSPS) is 12.7. The molecule has 0 rings (SSSR count). The van der Waals surface area contributed by atoms with Crippen LogP contribution in [0.2, 0.25) is 0 Å². The molecule has 14 heavy (non-hydrogen) atoms. The molecule has 0 bridgehead atoms. The van der Waals surface area contributed by atoms with Crippen LogP contribution in [0.5, 0.6) is 0 Å². The molecular formula is C10H19NO3. The summed E-state index contributed by atoms with van der Waals surface area (Å²) >= 11 is 0. The van der Waals surface area contributed by atoms with Crippen molar-refractivity contribution in [1.29, 1.82) is 0 Å². The predicted octanol–water partition coefficient (Wildman–Crippen LogP) is 2.29. The molecule has 0 aliphatic rings. The molecule has 0 atom stereocenters. The Hall–Kier alpha value is -1.06. The van der Waals surface area contributed by atoms with E-state index in [0.29, 0.717) is 0 Å². The summed E-state index contributed by atoms with van der Waals surface area (Å²) in [6, 6.07) is 0. The Balaban J connectivity index is 4.26. The lowest BCUT2D eigenvalue weighted by molar-refractivity contribution is -0.142. The summed E-state index contributed by atoms with van der Waals surface area (Å²) in [7, 11) is 0. The Kier molecular flexibility index (Phi) is 5.20. The Bertz CT molecular complexity index is 216. The summed E-state index contributed by atoms with van der Waals surface area (Å²) < 4.78 is 0. The van der Waals surface area contributed by atoms with Gasteiger partial charge < -0.3 is 9.94 Å². The fraction of sp³-hybridized carbons (Fsp3) is 0.800. The number of carbonyl (C=O) groups is 1. The second-order valence-corrected chi connectivity index (χ2v) is 4.21. The molecule has 1 N–H and O–H groups in total. The molecule has 0 aliphatic carbocycles. The molecule has 0 saturated heterocycles. The average Bonchev–Trinajstić information content (AvgIpc) is 2.00. The third kappa shape index (κ3) is 5.56. The zero-order chi connectivity index (χ0) is 11.2. The minimum absolute atomic E-state index is 0.0610. The molecule has 0 spiro atoms. The van der Waals surface area contributed by atoms with Crippen molar-refractivity contribution >= 4 is 11.7 Å². The van der Waals surface area contributed by atoms with Crippen LogP contribution in [0, 0.1) is 5.41 Å². The molecule has 0 aliphatic heterocycles. The van der Waals surface area contributed by atoms with Crippen molar-refractivity contribution in [2.45, 2.75) is 40.5 Å². The van der Waals surface area contributed by atoms with Gasteiger partial charge in [0.05, 0.1) is 5.71 Å². The lowest BCUT2D eigenvalue weighted by atomic mass is 9.87. The molecule has 82 valence electrons. The van der Waals surface area contributed by atoms with Crippen LogP contribution in [-0.2, 0) is 9.63 Å². The van der Waals surface area contributed by atoms with Crippen molar-refractivity contribution in [2.24, 2.45) is 10.6 Å². The van der Waals surface area contributed by atoms with Gasteiger partial charge in [-0.15, -0.1) is 0 Å². The number of hydrogen-bond donors (Lipinski definition) is 1. The smallest absolute Gasteiger partial charge is 0.344 e. The van der Waals surface area contributed by atoms with E-state index in [9.17, 15) is 4.79 Å². The Labute approximate surface area is 84.9 Å². The van der Waals surface area contributed by atoms with E-state index in [4.69, 9.17) is 9.94 Å². The zero-order valence-electron chi connectivity index (χ0n) is 9.33. The Morgan fingerprint density at radius 1 is 1.43 bits per heavy atom. The van der Waals surface area contributed by atoms with Gasteiger partial charge in [-0.25, -0.2) is 4.79 Å². The van der Waals surface area contributed by atoms with Crippen LogP contribution in [0.3, 0.4) is 0 Å². The van der Waals surface area contributed by atoms with Crippen LogP contribution >= 0.6 is 0 Å². The maximum Gasteiger partial charge on any atom is 0.344 e. The number of nitrogens with zero attached hydrogens (tertiary/aromatic N) is 1. The number of oxime groups is 1. The maximum absolute atomic E-state index is 10.2. The largest absolute Gasteiger partial charge is 0.479 e. The lowest BCUT2D eigenvalue weighted by Crippen LogP contribution is -2.21. The van der Waals surface area contributed by atoms with Gasteiger partial charge >= 0.3 is 5.97 Å². The zero-order valence-corrected chi connectivity index (χ0v) is 9.33. The van der Waals surface area contributed by atoms with Crippen molar-refractivity contribution in [2.75, 3.05) is 6.61 Å². The van der Waals surface area contributed by atoms with Gasteiger partial charge in [0.1, 0.15) is 0 Å². The van der Waals surface area contributed by atoms with E-state index in [0.717, 1.165) is 18.6 Å². The first-order valence-corrected chi connectivity index (χ1v) is 4.79. The third-order valence-electron chi connectivity index (χ3n) is 1.72. The summed E-state index contributed by atoms with van der Waals surface area (Å²) in [6.07, 6.45) is 1.82. The number of carboxylic acid groups (broad SMARTS) is 1. The van der Waals surface area contributed by atoms with Crippen molar-refractivity contribution in [3.8, 4) is 0 Å². The van der Waals surface area contributed by atoms with Gasteiger partial charge in [-0.05, 0) is 6.42 Å². The predicted molar refractivity (Wildman–Crippen MR) is 55.4 cm³/mol. The molecule has 0 saturated carbocycles. The van der Waals surface area contributed by atoms with Gasteiger partial charge in [-0.2, -0.15) is 0 Å². The van der Waals surface area contributed by atoms with E-state index in [2.05, 4.69) is 12.1 Å². The van der Waals surface area contributed by atoms with E-state index in [1.54, 1.807) is 0 Å².